The fraction of sp³-hybridized carbons (Fsp3) is 0.190. The van der Waals surface area contributed by atoms with E-state index < -0.39 is 11.9 Å². The lowest BCUT2D eigenvalue weighted by atomic mass is 9.95. The van der Waals surface area contributed by atoms with Crippen molar-refractivity contribution in [1.29, 1.82) is 0 Å². The minimum absolute atomic E-state index is 0.0696. The number of furan rings is 1. The summed E-state index contributed by atoms with van der Waals surface area (Å²) in [7, 11) is 0. The molecular weight excluding hydrogens is 331 g/mol. The van der Waals surface area contributed by atoms with Crippen molar-refractivity contribution in [1.82, 2.24) is 9.55 Å². The van der Waals surface area contributed by atoms with Gasteiger partial charge >= 0.3 is 0 Å². The fourth-order valence-electron chi connectivity index (χ4n) is 3.98. The van der Waals surface area contributed by atoms with Crippen molar-refractivity contribution in [3.05, 3.63) is 77.7 Å². The lowest BCUT2D eigenvalue weighted by Gasteiger charge is -2.19. The molecule has 4 nitrogen and oxygen atoms in total. The second-order valence-electron chi connectivity index (χ2n) is 6.81. The molecule has 1 aliphatic heterocycles. The van der Waals surface area contributed by atoms with Gasteiger partial charge in [0.2, 0.25) is 0 Å². The molecule has 2 atom stereocenters. The predicted molar refractivity (Wildman–Crippen MR) is 96.3 cm³/mol. The molecule has 0 spiro atoms. The Morgan fingerprint density at radius 1 is 1.27 bits per heavy atom. The molecule has 0 unspecified atom stereocenters. The molecule has 4 aromatic rings. The molecule has 0 radical (unpaired) electrons. The topological polar surface area (TPSA) is 51.2 Å². The van der Waals surface area contributed by atoms with Gasteiger partial charge in [-0.3, -0.25) is 0 Å². The van der Waals surface area contributed by atoms with Crippen molar-refractivity contribution in [2.75, 3.05) is 0 Å². The standard InChI is InChI=1S/C21H17FN2O2/c1-12-6-13-7-16(17(22)8-21(13)26-12)20(25)9-18-14-4-2-3-5-15(14)19-10-23-11-24(18)19/h2-8,10-11,18,20,25H,9H2,1H3/t18-,20-/m1/s1. The highest BCUT2D eigenvalue weighted by molar-refractivity contribution is 5.79. The summed E-state index contributed by atoms with van der Waals surface area (Å²) in [5, 5.41) is 11.6. The smallest absolute Gasteiger partial charge is 0.137 e. The molecular formula is C21H17FN2O2. The zero-order valence-corrected chi connectivity index (χ0v) is 14.2. The highest BCUT2D eigenvalue weighted by Crippen LogP contribution is 2.43. The van der Waals surface area contributed by atoms with Crippen LogP contribution in [0.5, 0.6) is 0 Å². The molecule has 2 aromatic carbocycles. The average Bonchev–Trinajstić information content (AvgIpc) is 3.29. The van der Waals surface area contributed by atoms with Gasteiger partial charge in [-0.15, -0.1) is 0 Å². The van der Waals surface area contributed by atoms with E-state index in [1.54, 1.807) is 12.4 Å². The van der Waals surface area contributed by atoms with E-state index in [4.69, 9.17) is 4.42 Å². The monoisotopic (exact) mass is 348 g/mol. The molecule has 0 aliphatic carbocycles. The number of aryl methyl sites for hydroxylation is 1. The summed E-state index contributed by atoms with van der Waals surface area (Å²) in [5.41, 5.74) is 4.07. The van der Waals surface area contributed by atoms with E-state index in [0.29, 0.717) is 17.6 Å². The molecule has 0 fully saturated rings. The maximum Gasteiger partial charge on any atom is 0.137 e. The Hall–Kier alpha value is -2.92. The Labute approximate surface area is 149 Å². The molecule has 130 valence electrons. The van der Waals surface area contributed by atoms with Gasteiger partial charge in [-0.2, -0.15) is 0 Å². The zero-order valence-electron chi connectivity index (χ0n) is 14.2. The number of hydrogen-bond acceptors (Lipinski definition) is 3. The van der Waals surface area contributed by atoms with Crippen LogP contribution in [-0.2, 0) is 0 Å². The van der Waals surface area contributed by atoms with E-state index >= 15 is 0 Å². The summed E-state index contributed by atoms with van der Waals surface area (Å²) < 4.78 is 22.1. The van der Waals surface area contributed by atoms with E-state index in [9.17, 15) is 9.50 Å². The quantitative estimate of drug-likeness (QED) is 0.580. The Kier molecular flexibility index (Phi) is 3.27. The Morgan fingerprint density at radius 3 is 3.00 bits per heavy atom. The van der Waals surface area contributed by atoms with Crippen LogP contribution in [0.2, 0.25) is 0 Å². The second kappa shape index (κ2) is 5.54. The first-order valence-corrected chi connectivity index (χ1v) is 8.60. The van der Waals surface area contributed by atoms with Gasteiger partial charge in [0.05, 0.1) is 30.4 Å². The Bertz CT molecular complexity index is 1130. The summed E-state index contributed by atoms with van der Waals surface area (Å²) in [5.74, 6) is 0.273. The van der Waals surface area contributed by atoms with Crippen molar-refractivity contribution < 1.29 is 13.9 Å². The molecule has 2 aromatic heterocycles. The van der Waals surface area contributed by atoms with Crippen molar-refractivity contribution in [3.8, 4) is 11.3 Å². The van der Waals surface area contributed by atoms with Crippen LogP contribution >= 0.6 is 0 Å². The summed E-state index contributed by atoms with van der Waals surface area (Å²) in [6.07, 6.45) is 3.04. The second-order valence-corrected chi connectivity index (χ2v) is 6.81. The maximum absolute atomic E-state index is 14.5. The van der Waals surface area contributed by atoms with Gasteiger partial charge in [-0.1, -0.05) is 24.3 Å². The SMILES string of the molecule is Cc1cc2cc([C@H](O)C[C@@H]3c4ccccc4-c4cncn43)c(F)cc2o1. The number of nitrogens with zero attached hydrogens (tertiary/aromatic N) is 2. The van der Waals surface area contributed by atoms with Gasteiger partial charge < -0.3 is 14.1 Å². The van der Waals surface area contributed by atoms with Crippen LogP contribution in [0.1, 0.15) is 35.5 Å². The van der Waals surface area contributed by atoms with Crippen LogP contribution in [0.3, 0.4) is 0 Å². The predicted octanol–water partition coefficient (Wildman–Crippen LogP) is 4.77. The third-order valence-corrected chi connectivity index (χ3v) is 5.16. The summed E-state index contributed by atoms with van der Waals surface area (Å²) >= 11 is 0. The third-order valence-electron chi connectivity index (χ3n) is 5.16. The first-order chi connectivity index (χ1) is 12.6. The number of aliphatic hydroxyl groups is 1. The average molecular weight is 348 g/mol. The van der Waals surface area contributed by atoms with Crippen LogP contribution in [0.4, 0.5) is 4.39 Å². The molecule has 3 heterocycles. The Balaban J connectivity index is 1.53. The number of aliphatic hydroxyl groups excluding tert-OH is 1. The van der Waals surface area contributed by atoms with Crippen LogP contribution in [0.25, 0.3) is 22.2 Å². The Morgan fingerprint density at radius 2 is 2.12 bits per heavy atom. The van der Waals surface area contributed by atoms with Crippen molar-refractivity contribution in [2.24, 2.45) is 0 Å². The van der Waals surface area contributed by atoms with Gasteiger partial charge in [-0.25, -0.2) is 9.37 Å². The minimum Gasteiger partial charge on any atom is -0.461 e. The molecule has 5 rings (SSSR count). The number of rotatable bonds is 3. The van der Waals surface area contributed by atoms with Crippen LogP contribution in [-0.4, -0.2) is 14.7 Å². The molecule has 0 bridgehead atoms. The van der Waals surface area contributed by atoms with E-state index in [1.165, 1.54) is 6.07 Å². The zero-order chi connectivity index (χ0) is 17.8. The van der Waals surface area contributed by atoms with E-state index in [0.717, 1.165) is 28.0 Å². The van der Waals surface area contributed by atoms with Crippen molar-refractivity contribution in [2.45, 2.75) is 25.5 Å². The largest absolute Gasteiger partial charge is 0.461 e. The number of hydrogen-bond donors (Lipinski definition) is 1. The number of halogens is 1. The molecule has 1 N–H and O–H groups in total. The van der Waals surface area contributed by atoms with Gasteiger partial charge in [0.25, 0.3) is 0 Å². The maximum atomic E-state index is 14.5. The van der Waals surface area contributed by atoms with Crippen LogP contribution in [0, 0.1) is 12.7 Å². The van der Waals surface area contributed by atoms with Gasteiger partial charge in [-0.05, 0) is 24.6 Å². The van der Waals surface area contributed by atoms with Crippen molar-refractivity contribution in [3.63, 3.8) is 0 Å². The highest BCUT2D eigenvalue weighted by Gasteiger charge is 2.30. The number of aromatic nitrogens is 2. The molecule has 26 heavy (non-hydrogen) atoms. The number of imidazole rings is 1. The van der Waals surface area contributed by atoms with Crippen molar-refractivity contribution >= 4 is 11.0 Å². The number of fused-ring (bicyclic) bond motifs is 4. The van der Waals surface area contributed by atoms with E-state index in [2.05, 4.69) is 17.1 Å². The fourth-order valence-corrected chi connectivity index (χ4v) is 3.98. The number of benzene rings is 2. The highest BCUT2D eigenvalue weighted by atomic mass is 19.1. The summed E-state index contributed by atoms with van der Waals surface area (Å²) in [6.45, 7) is 1.82. The van der Waals surface area contributed by atoms with E-state index in [1.807, 2.05) is 35.9 Å². The summed E-state index contributed by atoms with van der Waals surface area (Å²) in [6, 6.07) is 12.9. The molecule has 0 amide bonds. The van der Waals surface area contributed by atoms with Crippen LogP contribution < -0.4 is 0 Å². The lowest BCUT2D eigenvalue weighted by Crippen LogP contribution is -2.11. The van der Waals surface area contributed by atoms with Gasteiger partial charge in [0, 0.05) is 29.0 Å². The van der Waals surface area contributed by atoms with Crippen LogP contribution in [0.15, 0.2) is 59.4 Å². The minimum atomic E-state index is -0.930. The van der Waals surface area contributed by atoms with Gasteiger partial charge in [0.1, 0.15) is 17.2 Å². The lowest BCUT2D eigenvalue weighted by molar-refractivity contribution is 0.149. The van der Waals surface area contributed by atoms with Gasteiger partial charge in [0.15, 0.2) is 0 Å². The summed E-state index contributed by atoms with van der Waals surface area (Å²) in [4.78, 5) is 4.23. The first kappa shape index (κ1) is 15.3. The molecule has 5 heteroatoms. The normalized spacial score (nSPS) is 16.7. The molecule has 1 aliphatic rings. The van der Waals surface area contributed by atoms with E-state index in [-0.39, 0.29) is 6.04 Å². The third kappa shape index (κ3) is 2.21. The first-order valence-electron chi connectivity index (χ1n) is 8.60. The molecule has 0 saturated heterocycles. The molecule has 0 saturated carbocycles.